The van der Waals surface area contributed by atoms with Crippen LogP contribution in [0.2, 0.25) is 5.02 Å². The van der Waals surface area contributed by atoms with Crippen LogP contribution >= 0.6 is 11.6 Å². The molecule has 0 radical (unpaired) electrons. The molecule has 0 saturated heterocycles. The lowest BCUT2D eigenvalue weighted by molar-refractivity contribution is -0.131. The molecule has 0 aliphatic rings. The van der Waals surface area contributed by atoms with E-state index in [2.05, 4.69) is 0 Å². The Morgan fingerprint density at radius 2 is 1.68 bits per heavy atom. The van der Waals surface area contributed by atoms with E-state index in [0.29, 0.717) is 10.6 Å². The average molecular weight is 361 g/mol. The number of rotatable bonds is 6. The molecule has 0 aromatic heterocycles. The number of carbonyl (C=O) groups is 1. The van der Waals surface area contributed by atoms with Crippen molar-refractivity contribution in [2.45, 2.75) is 34.6 Å². The van der Waals surface area contributed by atoms with Crippen LogP contribution in [0.15, 0.2) is 41.5 Å². The van der Waals surface area contributed by atoms with Crippen LogP contribution in [0.4, 0.5) is 0 Å². The van der Waals surface area contributed by atoms with Crippen molar-refractivity contribution in [1.82, 2.24) is 0 Å². The van der Waals surface area contributed by atoms with Crippen molar-refractivity contribution in [3.8, 4) is 5.75 Å². The standard InChI is InChI=1S/C21H25ClO3/c1-13(8-7-9-14(2)12-19(23)24)10-11-18-15(3)16(4)21(25-6)17(5)20(18)22/h7-12H,1-6H3,(H,23,24). The minimum Gasteiger partial charge on any atom is -0.496 e. The number of hydrogen-bond acceptors (Lipinski definition) is 2. The monoisotopic (exact) mass is 360 g/mol. The summed E-state index contributed by atoms with van der Waals surface area (Å²) in [4.78, 5) is 10.6. The molecular weight excluding hydrogens is 336 g/mol. The van der Waals surface area contributed by atoms with E-state index in [4.69, 9.17) is 21.4 Å². The second kappa shape index (κ2) is 9.28. The Morgan fingerprint density at radius 1 is 1.04 bits per heavy atom. The van der Waals surface area contributed by atoms with Gasteiger partial charge in [-0.05, 0) is 56.9 Å². The van der Waals surface area contributed by atoms with Gasteiger partial charge in [0, 0.05) is 11.6 Å². The summed E-state index contributed by atoms with van der Waals surface area (Å²) in [5.41, 5.74) is 5.80. The summed E-state index contributed by atoms with van der Waals surface area (Å²) >= 11 is 6.50. The largest absolute Gasteiger partial charge is 0.496 e. The molecule has 1 N–H and O–H groups in total. The summed E-state index contributed by atoms with van der Waals surface area (Å²) in [6, 6.07) is 0. The van der Waals surface area contributed by atoms with Crippen LogP contribution < -0.4 is 4.74 Å². The molecule has 1 aromatic rings. The van der Waals surface area contributed by atoms with Crippen molar-refractivity contribution in [3.63, 3.8) is 0 Å². The first kappa shape index (κ1) is 20.8. The summed E-state index contributed by atoms with van der Waals surface area (Å²) < 4.78 is 5.44. The molecule has 0 atom stereocenters. The number of aliphatic carboxylic acids is 1. The zero-order valence-corrected chi connectivity index (χ0v) is 16.4. The lowest BCUT2D eigenvalue weighted by Crippen LogP contribution is -1.98. The molecule has 0 saturated carbocycles. The first-order chi connectivity index (χ1) is 11.7. The lowest BCUT2D eigenvalue weighted by atomic mass is 9.97. The van der Waals surface area contributed by atoms with E-state index >= 15 is 0 Å². The summed E-state index contributed by atoms with van der Waals surface area (Å²) in [7, 11) is 1.65. The highest BCUT2D eigenvalue weighted by Crippen LogP contribution is 2.36. The van der Waals surface area contributed by atoms with Crippen LogP contribution in [0.25, 0.3) is 6.08 Å². The Morgan fingerprint density at radius 3 is 2.24 bits per heavy atom. The minimum atomic E-state index is -0.946. The smallest absolute Gasteiger partial charge is 0.328 e. The van der Waals surface area contributed by atoms with Gasteiger partial charge in [-0.1, -0.05) is 47.6 Å². The molecule has 25 heavy (non-hydrogen) atoms. The number of benzene rings is 1. The molecule has 0 fully saturated rings. The number of hydrogen-bond donors (Lipinski definition) is 1. The van der Waals surface area contributed by atoms with Crippen LogP contribution in [0, 0.1) is 20.8 Å². The molecule has 0 unspecified atom stereocenters. The van der Waals surface area contributed by atoms with Gasteiger partial charge in [0.2, 0.25) is 0 Å². The highest BCUT2D eigenvalue weighted by Gasteiger charge is 2.14. The zero-order valence-electron chi connectivity index (χ0n) is 15.6. The zero-order chi connectivity index (χ0) is 19.1. The van der Waals surface area contributed by atoms with Gasteiger partial charge in [-0.25, -0.2) is 4.79 Å². The van der Waals surface area contributed by atoms with Gasteiger partial charge >= 0.3 is 5.97 Å². The molecule has 4 heteroatoms. The number of allylic oxidation sites excluding steroid dienone is 6. The van der Waals surface area contributed by atoms with Gasteiger partial charge in [0.1, 0.15) is 5.75 Å². The first-order valence-corrected chi connectivity index (χ1v) is 8.34. The maximum absolute atomic E-state index is 10.6. The third-order valence-corrected chi connectivity index (χ3v) is 4.49. The van der Waals surface area contributed by atoms with Crippen molar-refractivity contribution in [3.05, 3.63) is 68.8 Å². The fraction of sp³-hybridized carbons (Fsp3) is 0.286. The third kappa shape index (κ3) is 5.64. The van der Waals surface area contributed by atoms with E-state index in [0.717, 1.165) is 33.6 Å². The normalized spacial score (nSPS) is 13.1. The fourth-order valence-corrected chi connectivity index (χ4v) is 2.78. The molecule has 0 bridgehead atoms. The van der Waals surface area contributed by atoms with Crippen molar-refractivity contribution in [1.29, 1.82) is 0 Å². The summed E-state index contributed by atoms with van der Waals surface area (Å²) in [6.07, 6.45) is 10.7. The van der Waals surface area contributed by atoms with Crippen molar-refractivity contribution >= 4 is 23.6 Å². The van der Waals surface area contributed by atoms with Crippen LogP contribution in [-0.4, -0.2) is 18.2 Å². The van der Waals surface area contributed by atoms with Gasteiger partial charge in [0.25, 0.3) is 0 Å². The van der Waals surface area contributed by atoms with E-state index in [1.54, 1.807) is 20.1 Å². The maximum atomic E-state index is 10.6. The summed E-state index contributed by atoms with van der Waals surface area (Å²) in [5.74, 6) is -0.117. The molecule has 0 heterocycles. The van der Waals surface area contributed by atoms with Gasteiger partial charge in [-0.3, -0.25) is 0 Å². The van der Waals surface area contributed by atoms with Gasteiger partial charge in [-0.15, -0.1) is 0 Å². The van der Waals surface area contributed by atoms with Crippen LogP contribution in [0.3, 0.4) is 0 Å². The SMILES string of the molecule is COc1c(C)c(C)c(C=CC(C)=CC=CC(C)=CC(=O)O)c(Cl)c1C. The Labute approximate surface area is 155 Å². The topological polar surface area (TPSA) is 46.5 Å². The predicted octanol–water partition coefficient (Wildman–Crippen LogP) is 5.82. The maximum Gasteiger partial charge on any atom is 0.328 e. The van der Waals surface area contributed by atoms with Gasteiger partial charge in [0.05, 0.1) is 12.1 Å². The molecule has 0 amide bonds. The van der Waals surface area contributed by atoms with Gasteiger partial charge < -0.3 is 9.84 Å². The molecule has 0 spiro atoms. The number of halogens is 1. The molecule has 1 aromatic carbocycles. The van der Waals surface area contributed by atoms with E-state index < -0.39 is 5.97 Å². The van der Waals surface area contributed by atoms with E-state index in [9.17, 15) is 4.79 Å². The predicted molar refractivity (Wildman–Crippen MR) is 106 cm³/mol. The molecule has 1 rings (SSSR count). The highest BCUT2D eigenvalue weighted by molar-refractivity contribution is 6.33. The van der Waals surface area contributed by atoms with Crippen molar-refractivity contribution in [2.24, 2.45) is 0 Å². The Hall–Kier alpha value is -2.26. The summed E-state index contributed by atoms with van der Waals surface area (Å²) in [5, 5.41) is 9.37. The number of ether oxygens (including phenoxy) is 1. The molecule has 134 valence electrons. The van der Waals surface area contributed by atoms with Crippen molar-refractivity contribution in [2.75, 3.05) is 7.11 Å². The molecule has 3 nitrogen and oxygen atoms in total. The second-order valence-electron chi connectivity index (χ2n) is 5.97. The molecule has 0 aliphatic carbocycles. The van der Waals surface area contributed by atoms with Crippen LogP contribution in [-0.2, 0) is 4.79 Å². The van der Waals surface area contributed by atoms with E-state index in [1.165, 1.54) is 6.08 Å². The highest BCUT2D eigenvalue weighted by atomic mass is 35.5. The second-order valence-corrected chi connectivity index (χ2v) is 6.34. The van der Waals surface area contributed by atoms with E-state index in [-0.39, 0.29) is 0 Å². The van der Waals surface area contributed by atoms with Crippen LogP contribution in [0.1, 0.15) is 36.1 Å². The third-order valence-electron chi connectivity index (χ3n) is 4.00. The quantitative estimate of drug-likeness (QED) is 0.513. The van der Waals surface area contributed by atoms with Gasteiger partial charge in [-0.2, -0.15) is 0 Å². The Balaban J connectivity index is 3.08. The Kier molecular flexibility index (Phi) is 7.72. The molecular formula is C21H25ClO3. The Bertz CT molecular complexity index is 752. The van der Waals surface area contributed by atoms with Crippen molar-refractivity contribution < 1.29 is 14.6 Å². The van der Waals surface area contributed by atoms with E-state index in [1.807, 2.05) is 52.0 Å². The number of carboxylic acids is 1. The number of methoxy groups -OCH3 is 1. The average Bonchev–Trinajstić information content (AvgIpc) is 2.53. The van der Waals surface area contributed by atoms with Crippen LogP contribution in [0.5, 0.6) is 5.75 Å². The van der Waals surface area contributed by atoms with Gasteiger partial charge in [0.15, 0.2) is 0 Å². The number of carboxylic acid groups (broad SMARTS) is 1. The summed E-state index contributed by atoms with van der Waals surface area (Å²) in [6.45, 7) is 9.73. The first-order valence-electron chi connectivity index (χ1n) is 7.96. The molecule has 0 aliphatic heterocycles. The fourth-order valence-electron chi connectivity index (χ4n) is 2.49. The minimum absolute atomic E-state index is 0.681. The lowest BCUT2D eigenvalue weighted by Gasteiger charge is -2.16.